The summed E-state index contributed by atoms with van der Waals surface area (Å²) < 4.78 is 0. The van der Waals surface area contributed by atoms with Crippen molar-refractivity contribution in [1.29, 1.82) is 0 Å². The fourth-order valence-corrected chi connectivity index (χ4v) is 1.99. The molecule has 100 valence electrons. The van der Waals surface area contributed by atoms with E-state index in [2.05, 4.69) is 22.5 Å². The summed E-state index contributed by atoms with van der Waals surface area (Å²) in [6.07, 6.45) is 5.33. The molecule has 1 rings (SSSR count). The number of anilines is 1. The Labute approximate surface area is 109 Å². The topological polar surface area (TPSA) is 54.0 Å². The van der Waals surface area contributed by atoms with E-state index in [1.165, 1.54) is 0 Å². The number of nitrogens with zero attached hydrogens (tertiary/aromatic N) is 1. The molecule has 1 aromatic heterocycles. The van der Waals surface area contributed by atoms with E-state index < -0.39 is 0 Å². The molecule has 0 aliphatic carbocycles. The number of aromatic nitrogens is 1. The van der Waals surface area contributed by atoms with Gasteiger partial charge in [-0.25, -0.2) is 0 Å². The summed E-state index contributed by atoms with van der Waals surface area (Å²) >= 11 is 0. The molecule has 0 fully saturated rings. The van der Waals surface area contributed by atoms with Crippen LogP contribution in [0.1, 0.15) is 50.9 Å². The lowest BCUT2D eigenvalue weighted by molar-refractivity contribution is 0.0910. The molecule has 1 heterocycles. The van der Waals surface area contributed by atoms with Gasteiger partial charge < -0.3 is 10.6 Å². The number of hydrogen-bond donors (Lipinski definition) is 2. The van der Waals surface area contributed by atoms with Crippen LogP contribution in [-0.4, -0.2) is 23.0 Å². The van der Waals surface area contributed by atoms with Crippen LogP contribution in [0.5, 0.6) is 0 Å². The van der Waals surface area contributed by atoms with E-state index in [0.29, 0.717) is 5.56 Å². The summed E-state index contributed by atoms with van der Waals surface area (Å²) in [5.41, 5.74) is 1.25. The SMILES string of the molecule is CCCC(C)(C)NC(=O)c1ccncc1NCC. The van der Waals surface area contributed by atoms with Crippen molar-refractivity contribution in [3.8, 4) is 0 Å². The molecule has 0 aliphatic rings. The van der Waals surface area contributed by atoms with Crippen molar-refractivity contribution < 1.29 is 4.79 Å². The van der Waals surface area contributed by atoms with Gasteiger partial charge in [-0.2, -0.15) is 0 Å². The minimum Gasteiger partial charge on any atom is -0.383 e. The first-order valence-electron chi connectivity index (χ1n) is 6.50. The molecule has 0 spiro atoms. The molecule has 0 radical (unpaired) electrons. The van der Waals surface area contributed by atoms with Crippen molar-refractivity contribution in [2.45, 2.75) is 46.1 Å². The van der Waals surface area contributed by atoms with Gasteiger partial charge in [-0.3, -0.25) is 9.78 Å². The Bertz CT molecular complexity index is 402. The van der Waals surface area contributed by atoms with Crippen LogP contribution in [0.2, 0.25) is 0 Å². The molecular weight excluding hydrogens is 226 g/mol. The lowest BCUT2D eigenvalue weighted by atomic mass is 9.98. The van der Waals surface area contributed by atoms with E-state index in [0.717, 1.165) is 25.1 Å². The Morgan fingerprint density at radius 2 is 2.11 bits per heavy atom. The Hall–Kier alpha value is -1.58. The quantitative estimate of drug-likeness (QED) is 0.815. The molecule has 4 nitrogen and oxygen atoms in total. The van der Waals surface area contributed by atoms with E-state index in [4.69, 9.17) is 0 Å². The molecule has 2 N–H and O–H groups in total. The van der Waals surface area contributed by atoms with Gasteiger partial charge >= 0.3 is 0 Å². The summed E-state index contributed by atoms with van der Waals surface area (Å²) in [5.74, 6) is -0.0493. The van der Waals surface area contributed by atoms with Crippen molar-refractivity contribution in [2.24, 2.45) is 0 Å². The zero-order chi connectivity index (χ0) is 13.6. The van der Waals surface area contributed by atoms with Crippen molar-refractivity contribution >= 4 is 11.6 Å². The molecule has 0 unspecified atom stereocenters. The number of nitrogens with one attached hydrogen (secondary N) is 2. The van der Waals surface area contributed by atoms with Crippen LogP contribution in [0.25, 0.3) is 0 Å². The monoisotopic (exact) mass is 249 g/mol. The van der Waals surface area contributed by atoms with Crippen molar-refractivity contribution in [3.63, 3.8) is 0 Å². The number of pyridine rings is 1. The first-order chi connectivity index (χ1) is 8.50. The summed E-state index contributed by atoms with van der Waals surface area (Å²) in [4.78, 5) is 16.3. The number of carbonyl (C=O) groups is 1. The summed E-state index contributed by atoms with van der Waals surface area (Å²) in [6, 6.07) is 1.75. The predicted octanol–water partition coefficient (Wildman–Crippen LogP) is 2.82. The maximum absolute atomic E-state index is 12.3. The molecule has 4 heteroatoms. The van der Waals surface area contributed by atoms with Gasteiger partial charge in [-0.05, 0) is 33.3 Å². The highest BCUT2D eigenvalue weighted by molar-refractivity contribution is 5.99. The summed E-state index contributed by atoms with van der Waals surface area (Å²) in [7, 11) is 0. The maximum atomic E-state index is 12.3. The lowest BCUT2D eigenvalue weighted by Crippen LogP contribution is -2.43. The Balaban J connectivity index is 2.84. The summed E-state index contributed by atoms with van der Waals surface area (Å²) in [5, 5.41) is 6.22. The number of carbonyl (C=O) groups excluding carboxylic acids is 1. The molecular formula is C14H23N3O. The predicted molar refractivity (Wildman–Crippen MR) is 74.9 cm³/mol. The van der Waals surface area contributed by atoms with E-state index in [9.17, 15) is 4.79 Å². The van der Waals surface area contributed by atoms with Crippen LogP contribution >= 0.6 is 0 Å². The van der Waals surface area contributed by atoms with Crippen LogP contribution < -0.4 is 10.6 Å². The van der Waals surface area contributed by atoms with E-state index in [-0.39, 0.29) is 11.4 Å². The zero-order valence-corrected chi connectivity index (χ0v) is 11.7. The minimum absolute atomic E-state index is 0.0493. The lowest BCUT2D eigenvalue weighted by Gasteiger charge is -2.26. The smallest absolute Gasteiger partial charge is 0.253 e. The first kappa shape index (κ1) is 14.5. The van der Waals surface area contributed by atoms with Crippen LogP contribution in [0.4, 0.5) is 5.69 Å². The molecule has 0 bridgehead atoms. The summed E-state index contributed by atoms with van der Waals surface area (Å²) in [6.45, 7) is 8.97. The molecule has 0 saturated heterocycles. The van der Waals surface area contributed by atoms with E-state index in [1.807, 2.05) is 20.8 Å². The molecule has 1 amide bonds. The molecule has 0 aromatic carbocycles. The van der Waals surface area contributed by atoms with Crippen molar-refractivity contribution in [3.05, 3.63) is 24.0 Å². The molecule has 1 aromatic rings. The molecule has 0 saturated carbocycles. The van der Waals surface area contributed by atoms with Gasteiger partial charge in [0.2, 0.25) is 0 Å². The van der Waals surface area contributed by atoms with Crippen molar-refractivity contribution in [1.82, 2.24) is 10.3 Å². The van der Waals surface area contributed by atoms with E-state index in [1.54, 1.807) is 18.5 Å². The van der Waals surface area contributed by atoms with Gasteiger partial charge in [0, 0.05) is 18.3 Å². The second-order valence-electron chi connectivity index (χ2n) is 5.04. The number of hydrogen-bond acceptors (Lipinski definition) is 3. The highest BCUT2D eigenvalue weighted by atomic mass is 16.1. The second-order valence-corrected chi connectivity index (χ2v) is 5.04. The third-order valence-electron chi connectivity index (χ3n) is 2.76. The highest BCUT2D eigenvalue weighted by Gasteiger charge is 2.21. The van der Waals surface area contributed by atoms with Gasteiger partial charge in [-0.1, -0.05) is 13.3 Å². The van der Waals surface area contributed by atoms with Gasteiger partial charge in [0.25, 0.3) is 5.91 Å². The van der Waals surface area contributed by atoms with Crippen LogP contribution in [0, 0.1) is 0 Å². The van der Waals surface area contributed by atoms with Gasteiger partial charge in [0.1, 0.15) is 0 Å². The Kier molecular flexibility index (Phi) is 5.13. The minimum atomic E-state index is -0.182. The molecule has 0 aliphatic heterocycles. The first-order valence-corrected chi connectivity index (χ1v) is 6.50. The second kappa shape index (κ2) is 6.38. The van der Waals surface area contributed by atoms with Crippen LogP contribution in [0.15, 0.2) is 18.5 Å². The number of amides is 1. The van der Waals surface area contributed by atoms with Gasteiger partial charge in [0.05, 0.1) is 17.4 Å². The largest absolute Gasteiger partial charge is 0.383 e. The van der Waals surface area contributed by atoms with E-state index >= 15 is 0 Å². The fourth-order valence-electron chi connectivity index (χ4n) is 1.99. The van der Waals surface area contributed by atoms with Crippen LogP contribution in [0.3, 0.4) is 0 Å². The standard InChI is InChI=1S/C14H23N3O/c1-5-8-14(3,4)17-13(18)11-7-9-15-10-12(11)16-6-2/h7,9-10,16H,5-6,8H2,1-4H3,(H,17,18). The van der Waals surface area contributed by atoms with Gasteiger partial charge in [-0.15, -0.1) is 0 Å². The van der Waals surface area contributed by atoms with Crippen LogP contribution in [-0.2, 0) is 0 Å². The van der Waals surface area contributed by atoms with Crippen molar-refractivity contribution in [2.75, 3.05) is 11.9 Å². The number of rotatable bonds is 6. The zero-order valence-electron chi connectivity index (χ0n) is 11.7. The third-order valence-corrected chi connectivity index (χ3v) is 2.76. The highest BCUT2D eigenvalue weighted by Crippen LogP contribution is 2.16. The average molecular weight is 249 g/mol. The van der Waals surface area contributed by atoms with Gasteiger partial charge in [0.15, 0.2) is 0 Å². The average Bonchev–Trinajstić information content (AvgIpc) is 2.29. The Morgan fingerprint density at radius 3 is 2.72 bits per heavy atom. The molecule has 0 atom stereocenters. The third kappa shape index (κ3) is 4.02. The molecule has 18 heavy (non-hydrogen) atoms. The normalized spacial score (nSPS) is 11.1. The Morgan fingerprint density at radius 1 is 1.39 bits per heavy atom. The maximum Gasteiger partial charge on any atom is 0.253 e. The fraction of sp³-hybridized carbons (Fsp3) is 0.571.